The summed E-state index contributed by atoms with van der Waals surface area (Å²) >= 11 is 0. The first-order valence-electron chi connectivity index (χ1n) is 3.58. The lowest BCUT2D eigenvalue weighted by atomic mass is 10.2. The number of methoxy groups -OCH3 is 1. The molecular formula is C8H9N3O. The van der Waals surface area contributed by atoms with Crippen LogP contribution in [0, 0.1) is 0 Å². The summed E-state index contributed by atoms with van der Waals surface area (Å²) in [6.45, 7) is 0. The van der Waals surface area contributed by atoms with Crippen molar-refractivity contribution in [3.05, 3.63) is 18.3 Å². The van der Waals surface area contributed by atoms with Crippen molar-refractivity contribution < 1.29 is 4.74 Å². The van der Waals surface area contributed by atoms with Gasteiger partial charge in [-0.3, -0.25) is 5.10 Å². The molecule has 0 atom stereocenters. The van der Waals surface area contributed by atoms with Crippen LogP contribution >= 0.6 is 0 Å². The zero-order valence-electron chi connectivity index (χ0n) is 6.66. The van der Waals surface area contributed by atoms with Gasteiger partial charge in [0.2, 0.25) is 0 Å². The van der Waals surface area contributed by atoms with Crippen LogP contribution in [0.25, 0.3) is 10.9 Å². The molecule has 3 N–H and O–H groups in total. The van der Waals surface area contributed by atoms with Crippen LogP contribution in [-0.4, -0.2) is 17.3 Å². The van der Waals surface area contributed by atoms with E-state index in [9.17, 15) is 0 Å². The van der Waals surface area contributed by atoms with Crippen LogP contribution in [0.2, 0.25) is 0 Å². The number of nitrogen functional groups attached to an aromatic ring is 1. The number of aromatic nitrogens is 2. The molecule has 0 aliphatic heterocycles. The Balaban J connectivity index is 2.75. The molecule has 0 amide bonds. The van der Waals surface area contributed by atoms with Crippen LogP contribution in [-0.2, 0) is 0 Å². The Morgan fingerprint density at radius 3 is 3.08 bits per heavy atom. The molecule has 1 heterocycles. The first-order chi connectivity index (χ1) is 5.81. The van der Waals surface area contributed by atoms with E-state index < -0.39 is 0 Å². The second kappa shape index (κ2) is 2.41. The molecular weight excluding hydrogens is 154 g/mol. The summed E-state index contributed by atoms with van der Waals surface area (Å²) in [6.07, 6.45) is 1.70. The molecule has 4 nitrogen and oxygen atoms in total. The second-order valence-electron chi connectivity index (χ2n) is 2.55. The third-order valence-corrected chi connectivity index (χ3v) is 1.80. The summed E-state index contributed by atoms with van der Waals surface area (Å²) in [6, 6.07) is 3.64. The highest BCUT2D eigenvalue weighted by molar-refractivity contribution is 5.91. The van der Waals surface area contributed by atoms with Crippen molar-refractivity contribution >= 4 is 16.6 Å². The average molecular weight is 163 g/mol. The van der Waals surface area contributed by atoms with Gasteiger partial charge in [0, 0.05) is 23.2 Å². The molecule has 0 aliphatic carbocycles. The lowest BCUT2D eigenvalue weighted by Crippen LogP contribution is -1.88. The number of hydrogen-bond acceptors (Lipinski definition) is 3. The zero-order valence-corrected chi connectivity index (χ0v) is 6.66. The first-order valence-corrected chi connectivity index (χ1v) is 3.58. The number of rotatable bonds is 1. The maximum absolute atomic E-state index is 5.74. The van der Waals surface area contributed by atoms with Gasteiger partial charge in [-0.25, -0.2) is 0 Å². The Kier molecular flexibility index (Phi) is 1.40. The Morgan fingerprint density at radius 1 is 1.50 bits per heavy atom. The quantitative estimate of drug-likeness (QED) is 0.620. The lowest BCUT2D eigenvalue weighted by molar-refractivity contribution is 0.415. The summed E-state index contributed by atoms with van der Waals surface area (Å²) < 4.78 is 5.04. The molecule has 0 saturated heterocycles. The largest absolute Gasteiger partial charge is 0.497 e. The van der Waals surface area contributed by atoms with Gasteiger partial charge in [-0.2, -0.15) is 5.10 Å². The van der Waals surface area contributed by atoms with Crippen molar-refractivity contribution in [3.8, 4) is 5.75 Å². The molecule has 0 fully saturated rings. The van der Waals surface area contributed by atoms with E-state index in [1.165, 1.54) is 0 Å². The number of aromatic amines is 1. The molecule has 1 aromatic carbocycles. The van der Waals surface area contributed by atoms with Crippen LogP contribution in [0.5, 0.6) is 5.75 Å². The van der Waals surface area contributed by atoms with Crippen LogP contribution in [0.3, 0.4) is 0 Å². The molecule has 0 aliphatic rings. The fraction of sp³-hybridized carbons (Fsp3) is 0.125. The molecule has 0 saturated carbocycles. The molecule has 2 rings (SSSR count). The number of H-pyrrole nitrogens is 1. The molecule has 12 heavy (non-hydrogen) atoms. The van der Waals surface area contributed by atoms with E-state index in [0.29, 0.717) is 5.69 Å². The fourth-order valence-corrected chi connectivity index (χ4v) is 1.17. The molecule has 0 spiro atoms. The van der Waals surface area contributed by atoms with E-state index in [1.54, 1.807) is 19.4 Å². The van der Waals surface area contributed by atoms with E-state index in [4.69, 9.17) is 10.5 Å². The van der Waals surface area contributed by atoms with Gasteiger partial charge in [0.15, 0.2) is 0 Å². The average Bonchev–Trinajstić information content (AvgIpc) is 2.52. The van der Waals surface area contributed by atoms with Crippen molar-refractivity contribution in [2.24, 2.45) is 0 Å². The van der Waals surface area contributed by atoms with Crippen molar-refractivity contribution in [2.45, 2.75) is 0 Å². The predicted molar refractivity (Wildman–Crippen MR) is 47.1 cm³/mol. The summed E-state index contributed by atoms with van der Waals surface area (Å²) in [4.78, 5) is 0. The number of anilines is 1. The molecule has 62 valence electrons. The number of nitrogens with zero attached hydrogens (tertiary/aromatic N) is 1. The Morgan fingerprint density at radius 2 is 2.33 bits per heavy atom. The highest BCUT2D eigenvalue weighted by Gasteiger charge is 2.02. The number of ether oxygens (including phenoxy) is 1. The summed E-state index contributed by atoms with van der Waals surface area (Å²) in [5, 5.41) is 7.63. The fourth-order valence-electron chi connectivity index (χ4n) is 1.17. The van der Waals surface area contributed by atoms with E-state index in [0.717, 1.165) is 16.7 Å². The van der Waals surface area contributed by atoms with Gasteiger partial charge in [0.1, 0.15) is 5.75 Å². The van der Waals surface area contributed by atoms with Gasteiger partial charge in [-0.05, 0) is 0 Å². The summed E-state index contributed by atoms with van der Waals surface area (Å²) in [5.41, 5.74) is 7.31. The zero-order chi connectivity index (χ0) is 8.55. The number of benzene rings is 1. The summed E-state index contributed by atoms with van der Waals surface area (Å²) in [7, 11) is 1.61. The molecule has 4 heteroatoms. The summed E-state index contributed by atoms with van der Waals surface area (Å²) in [5.74, 6) is 0.740. The SMILES string of the molecule is COc1cc(N)c2cn[nH]c2c1. The van der Waals surface area contributed by atoms with Crippen molar-refractivity contribution in [3.63, 3.8) is 0 Å². The third-order valence-electron chi connectivity index (χ3n) is 1.80. The van der Waals surface area contributed by atoms with Gasteiger partial charge < -0.3 is 10.5 Å². The number of hydrogen-bond donors (Lipinski definition) is 2. The smallest absolute Gasteiger partial charge is 0.123 e. The number of nitrogens with two attached hydrogens (primary N) is 1. The topological polar surface area (TPSA) is 63.9 Å². The minimum absolute atomic E-state index is 0.679. The highest BCUT2D eigenvalue weighted by Crippen LogP contribution is 2.24. The van der Waals surface area contributed by atoms with Crippen molar-refractivity contribution in [1.82, 2.24) is 10.2 Å². The van der Waals surface area contributed by atoms with Crippen LogP contribution in [0.4, 0.5) is 5.69 Å². The van der Waals surface area contributed by atoms with Crippen LogP contribution in [0.15, 0.2) is 18.3 Å². The normalized spacial score (nSPS) is 10.4. The minimum atomic E-state index is 0.679. The Hall–Kier alpha value is -1.71. The molecule has 0 bridgehead atoms. The number of nitrogens with one attached hydrogen (secondary N) is 1. The Bertz CT molecular complexity index is 408. The monoisotopic (exact) mass is 163 g/mol. The maximum Gasteiger partial charge on any atom is 0.123 e. The van der Waals surface area contributed by atoms with E-state index >= 15 is 0 Å². The Labute approximate surface area is 69.3 Å². The first kappa shape index (κ1) is 6.97. The standard InChI is InChI=1S/C8H9N3O/c1-12-5-2-7(9)6-4-10-11-8(6)3-5/h2-4H,9H2,1H3,(H,10,11). The van der Waals surface area contributed by atoms with Crippen LogP contribution < -0.4 is 10.5 Å². The molecule has 1 aromatic heterocycles. The van der Waals surface area contributed by atoms with Crippen LogP contribution in [0.1, 0.15) is 0 Å². The maximum atomic E-state index is 5.74. The lowest BCUT2D eigenvalue weighted by Gasteiger charge is -2.01. The molecule has 2 aromatic rings. The van der Waals surface area contributed by atoms with Gasteiger partial charge in [0.05, 0.1) is 18.8 Å². The van der Waals surface area contributed by atoms with Gasteiger partial charge in [-0.1, -0.05) is 0 Å². The van der Waals surface area contributed by atoms with Gasteiger partial charge >= 0.3 is 0 Å². The van der Waals surface area contributed by atoms with Gasteiger partial charge in [0.25, 0.3) is 0 Å². The highest BCUT2D eigenvalue weighted by atomic mass is 16.5. The predicted octanol–water partition coefficient (Wildman–Crippen LogP) is 1.15. The van der Waals surface area contributed by atoms with E-state index in [2.05, 4.69) is 10.2 Å². The third kappa shape index (κ3) is 0.887. The minimum Gasteiger partial charge on any atom is -0.497 e. The van der Waals surface area contributed by atoms with Crippen molar-refractivity contribution in [1.29, 1.82) is 0 Å². The van der Waals surface area contributed by atoms with Crippen molar-refractivity contribution in [2.75, 3.05) is 12.8 Å². The van der Waals surface area contributed by atoms with Gasteiger partial charge in [-0.15, -0.1) is 0 Å². The molecule has 0 unspecified atom stereocenters. The number of fused-ring (bicyclic) bond motifs is 1. The van der Waals surface area contributed by atoms with E-state index in [1.807, 2.05) is 6.07 Å². The molecule has 0 radical (unpaired) electrons. The van der Waals surface area contributed by atoms with E-state index in [-0.39, 0.29) is 0 Å². The second-order valence-corrected chi connectivity index (χ2v) is 2.55.